The summed E-state index contributed by atoms with van der Waals surface area (Å²) >= 11 is 1.46. The Balaban J connectivity index is 1.60. The molecule has 0 aliphatic heterocycles. The smallest absolute Gasteiger partial charge is 0.406 e. The van der Waals surface area contributed by atoms with Gasteiger partial charge in [-0.05, 0) is 42.9 Å². The largest absolute Gasteiger partial charge is 0.421 e. The van der Waals surface area contributed by atoms with Gasteiger partial charge in [0.25, 0.3) is 0 Å². The molecular weight excluding hydrogens is 352 g/mol. The minimum absolute atomic E-state index is 0.216. The molecule has 1 amide bonds. The van der Waals surface area contributed by atoms with E-state index in [1.165, 1.54) is 27.0 Å². The van der Waals surface area contributed by atoms with Crippen molar-refractivity contribution < 1.29 is 9.21 Å². The molecule has 0 bridgehead atoms. The van der Waals surface area contributed by atoms with Gasteiger partial charge >= 0.3 is 5.76 Å². The number of nitrogens with zero attached hydrogens (tertiary/aromatic N) is 3. The van der Waals surface area contributed by atoms with Crippen LogP contribution in [-0.4, -0.2) is 15.5 Å². The van der Waals surface area contributed by atoms with E-state index in [9.17, 15) is 14.9 Å². The third-order valence-electron chi connectivity index (χ3n) is 4.60. The number of nitriles is 1. The second kappa shape index (κ2) is 6.42. The first-order chi connectivity index (χ1) is 12.6. The molecule has 8 heteroatoms. The Labute approximate surface area is 152 Å². The molecule has 3 aromatic heterocycles. The number of aromatic nitrogens is 2. The number of amides is 1. The quantitative estimate of drug-likeness (QED) is 0.766. The van der Waals surface area contributed by atoms with Gasteiger partial charge in [0.2, 0.25) is 5.91 Å². The molecule has 0 spiro atoms. The minimum Gasteiger partial charge on any atom is -0.406 e. The van der Waals surface area contributed by atoms with Gasteiger partial charge in [-0.1, -0.05) is 6.92 Å². The summed E-state index contributed by atoms with van der Waals surface area (Å²) < 4.78 is 6.28. The maximum atomic E-state index is 12.5. The van der Waals surface area contributed by atoms with Crippen molar-refractivity contribution in [3.63, 3.8) is 0 Å². The van der Waals surface area contributed by atoms with E-state index in [-0.39, 0.29) is 12.5 Å². The normalized spacial score (nSPS) is 16.2. The standard InChI is InChI=1S/C18H16N4O3S/c1-10-4-5-11-12(8-19)17(26-14(11)7-10)21-15(23)9-22-16-13(25-18(22)24)3-2-6-20-16/h2-3,6,10H,4-5,7,9H2,1H3,(H,21,23). The van der Waals surface area contributed by atoms with E-state index in [1.807, 2.05) is 0 Å². The lowest BCUT2D eigenvalue weighted by Gasteiger charge is -2.17. The molecule has 132 valence electrons. The lowest BCUT2D eigenvalue weighted by atomic mass is 9.89. The highest BCUT2D eigenvalue weighted by Crippen LogP contribution is 2.39. The van der Waals surface area contributed by atoms with Crippen LogP contribution in [0.2, 0.25) is 0 Å². The van der Waals surface area contributed by atoms with Gasteiger partial charge in [-0.2, -0.15) is 5.26 Å². The number of carbonyl (C=O) groups excluding carboxylic acids is 1. The molecule has 1 unspecified atom stereocenters. The first-order valence-electron chi connectivity index (χ1n) is 8.35. The van der Waals surface area contributed by atoms with E-state index >= 15 is 0 Å². The predicted molar refractivity (Wildman–Crippen MR) is 97.1 cm³/mol. The fraction of sp³-hybridized carbons (Fsp3) is 0.333. The topological polar surface area (TPSA) is 101 Å². The molecule has 4 rings (SSSR count). The molecule has 0 radical (unpaired) electrons. The van der Waals surface area contributed by atoms with Crippen LogP contribution in [0.5, 0.6) is 0 Å². The van der Waals surface area contributed by atoms with Crippen LogP contribution in [-0.2, 0) is 24.2 Å². The molecule has 26 heavy (non-hydrogen) atoms. The van der Waals surface area contributed by atoms with E-state index in [0.717, 1.165) is 24.8 Å². The van der Waals surface area contributed by atoms with Crippen LogP contribution in [0.15, 0.2) is 27.5 Å². The van der Waals surface area contributed by atoms with Crippen LogP contribution >= 0.6 is 11.3 Å². The Morgan fingerprint density at radius 1 is 1.58 bits per heavy atom. The van der Waals surface area contributed by atoms with Gasteiger partial charge in [-0.25, -0.2) is 14.3 Å². The zero-order valence-electron chi connectivity index (χ0n) is 14.1. The summed E-state index contributed by atoms with van der Waals surface area (Å²) in [5.41, 5.74) is 2.27. The van der Waals surface area contributed by atoms with Crippen molar-refractivity contribution in [2.45, 2.75) is 32.7 Å². The summed E-state index contributed by atoms with van der Waals surface area (Å²) in [7, 11) is 0. The number of oxazole rings is 1. The fourth-order valence-corrected chi connectivity index (χ4v) is 4.68. The third-order valence-corrected chi connectivity index (χ3v) is 5.77. The van der Waals surface area contributed by atoms with Crippen LogP contribution < -0.4 is 11.1 Å². The van der Waals surface area contributed by atoms with Gasteiger partial charge in [0.15, 0.2) is 11.2 Å². The molecule has 1 aliphatic carbocycles. The Bertz CT molecular complexity index is 1100. The van der Waals surface area contributed by atoms with Gasteiger partial charge in [-0.15, -0.1) is 11.3 Å². The van der Waals surface area contributed by atoms with Crippen LogP contribution in [0.3, 0.4) is 0 Å². The highest BCUT2D eigenvalue weighted by Gasteiger charge is 2.25. The summed E-state index contributed by atoms with van der Waals surface area (Å²) in [5.74, 6) is -0.435. The molecule has 1 aliphatic rings. The van der Waals surface area contributed by atoms with Crippen molar-refractivity contribution in [3.05, 3.63) is 44.9 Å². The number of anilines is 1. The molecule has 7 nitrogen and oxygen atoms in total. The second-order valence-corrected chi connectivity index (χ2v) is 7.60. The summed E-state index contributed by atoms with van der Waals surface area (Å²) in [6.07, 6.45) is 4.38. The predicted octanol–water partition coefficient (Wildman–Crippen LogP) is 2.69. The summed E-state index contributed by atoms with van der Waals surface area (Å²) in [5, 5.41) is 12.9. The zero-order valence-corrected chi connectivity index (χ0v) is 14.9. The van der Waals surface area contributed by atoms with Crippen LogP contribution in [0, 0.1) is 17.2 Å². The number of fused-ring (bicyclic) bond motifs is 2. The molecule has 0 saturated carbocycles. The van der Waals surface area contributed by atoms with E-state index in [4.69, 9.17) is 4.42 Å². The van der Waals surface area contributed by atoms with Crippen LogP contribution in [0.25, 0.3) is 11.2 Å². The molecular formula is C18H16N4O3S. The van der Waals surface area contributed by atoms with Crippen molar-refractivity contribution in [1.29, 1.82) is 5.26 Å². The maximum Gasteiger partial charge on any atom is 0.421 e. The number of nitrogens with one attached hydrogen (secondary N) is 1. The van der Waals surface area contributed by atoms with Gasteiger partial charge in [0.05, 0.1) is 5.56 Å². The van der Waals surface area contributed by atoms with Crippen LogP contribution in [0.1, 0.15) is 29.3 Å². The molecule has 1 N–H and O–H groups in total. The van der Waals surface area contributed by atoms with Crippen molar-refractivity contribution in [2.75, 3.05) is 5.32 Å². The number of pyridine rings is 1. The Kier molecular flexibility index (Phi) is 4.09. The molecule has 3 heterocycles. The summed E-state index contributed by atoms with van der Waals surface area (Å²) in [6, 6.07) is 5.50. The second-order valence-electron chi connectivity index (χ2n) is 6.50. The van der Waals surface area contributed by atoms with Crippen molar-refractivity contribution in [1.82, 2.24) is 9.55 Å². The highest BCUT2D eigenvalue weighted by atomic mass is 32.1. The number of hydrogen-bond acceptors (Lipinski definition) is 6. The Morgan fingerprint density at radius 2 is 2.42 bits per heavy atom. The lowest BCUT2D eigenvalue weighted by Crippen LogP contribution is -2.25. The molecule has 0 saturated heterocycles. The number of thiophene rings is 1. The first kappa shape index (κ1) is 16.5. The van der Waals surface area contributed by atoms with E-state index in [2.05, 4.69) is 23.3 Å². The zero-order chi connectivity index (χ0) is 18.3. The van der Waals surface area contributed by atoms with Gasteiger partial charge in [0.1, 0.15) is 17.6 Å². The van der Waals surface area contributed by atoms with Gasteiger partial charge in [-0.3, -0.25) is 4.79 Å². The Hall–Kier alpha value is -2.92. The molecule has 3 aromatic rings. The Morgan fingerprint density at radius 3 is 3.23 bits per heavy atom. The monoisotopic (exact) mass is 368 g/mol. The fourth-order valence-electron chi connectivity index (χ4n) is 3.31. The summed E-state index contributed by atoms with van der Waals surface area (Å²) in [4.78, 5) is 29.7. The van der Waals surface area contributed by atoms with Gasteiger partial charge < -0.3 is 9.73 Å². The van der Waals surface area contributed by atoms with Crippen molar-refractivity contribution in [3.8, 4) is 6.07 Å². The third kappa shape index (κ3) is 2.80. The molecule has 0 fully saturated rings. The van der Waals surface area contributed by atoms with E-state index in [0.29, 0.717) is 27.7 Å². The number of hydrogen-bond donors (Lipinski definition) is 1. The molecule has 0 aromatic carbocycles. The SMILES string of the molecule is CC1CCc2c(sc(NC(=O)Cn3c(=O)oc4cccnc43)c2C#N)C1. The van der Waals surface area contributed by atoms with E-state index in [1.54, 1.807) is 12.1 Å². The summed E-state index contributed by atoms with van der Waals surface area (Å²) in [6.45, 7) is 1.98. The number of rotatable bonds is 3. The average molecular weight is 368 g/mol. The van der Waals surface area contributed by atoms with Crippen molar-refractivity contribution in [2.24, 2.45) is 5.92 Å². The minimum atomic E-state index is -0.631. The number of carbonyl (C=O) groups is 1. The lowest BCUT2D eigenvalue weighted by molar-refractivity contribution is -0.116. The highest BCUT2D eigenvalue weighted by molar-refractivity contribution is 7.16. The maximum absolute atomic E-state index is 12.5. The first-order valence-corrected chi connectivity index (χ1v) is 9.17. The van der Waals surface area contributed by atoms with Crippen LogP contribution in [0.4, 0.5) is 5.00 Å². The van der Waals surface area contributed by atoms with E-state index < -0.39 is 5.76 Å². The van der Waals surface area contributed by atoms with Gasteiger partial charge in [0, 0.05) is 11.1 Å². The average Bonchev–Trinajstić information content (AvgIpc) is 3.11. The molecule has 1 atom stereocenters. The van der Waals surface area contributed by atoms with Crippen molar-refractivity contribution >= 4 is 33.5 Å².